The van der Waals surface area contributed by atoms with Crippen molar-refractivity contribution in [2.45, 2.75) is 33.1 Å². The number of nitrogens with zero attached hydrogens (tertiary/aromatic N) is 2. The Morgan fingerprint density at radius 3 is 2.44 bits per heavy atom. The van der Waals surface area contributed by atoms with Crippen LogP contribution in [0.5, 0.6) is 0 Å². The lowest BCUT2D eigenvalue weighted by Crippen LogP contribution is -2.14. The maximum Gasteiger partial charge on any atom is 0.0756 e. The van der Waals surface area contributed by atoms with Crippen LogP contribution in [0.2, 0.25) is 0 Å². The zero-order chi connectivity index (χ0) is 13.5. The van der Waals surface area contributed by atoms with Gasteiger partial charge in [-0.15, -0.1) is 0 Å². The number of benzene rings is 1. The highest BCUT2D eigenvalue weighted by atomic mass is 15.3. The monoisotopic (exact) mass is 243 g/mol. The van der Waals surface area contributed by atoms with Gasteiger partial charge in [0.15, 0.2) is 0 Å². The van der Waals surface area contributed by atoms with Crippen molar-refractivity contribution in [1.82, 2.24) is 9.78 Å². The molecule has 0 radical (unpaired) electrons. The fourth-order valence-corrected chi connectivity index (χ4v) is 2.17. The van der Waals surface area contributed by atoms with Crippen LogP contribution in [0.4, 0.5) is 5.69 Å². The molecular formula is C15H21N3. The van der Waals surface area contributed by atoms with Crippen LogP contribution < -0.4 is 5.73 Å². The largest absolute Gasteiger partial charge is 0.399 e. The van der Waals surface area contributed by atoms with Gasteiger partial charge in [0.1, 0.15) is 0 Å². The van der Waals surface area contributed by atoms with Crippen LogP contribution in [0.15, 0.2) is 24.4 Å². The van der Waals surface area contributed by atoms with Crippen LogP contribution in [-0.4, -0.2) is 9.78 Å². The predicted octanol–water partition coefficient (Wildman–Crippen LogP) is 3.28. The molecular weight excluding hydrogens is 222 g/mol. The number of anilines is 1. The summed E-state index contributed by atoms with van der Waals surface area (Å²) in [5.74, 6) is 0. The first-order valence-corrected chi connectivity index (χ1v) is 6.19. The number of nitrogen functional groups attached to an aromatic ring is 1. The summed E-state index contributed by atoms with van der Waals surface area (Å²) in [5.41, 5.74) is 11.4. The molecule has 3 heteroatoms. The minimum Gasteiger partial charge on any atom is -0.399 e. The van der Waals surface area contributed by atoms with Crippen molar-refractivity contribution in [3.05, 3.63) is 35.7 Å². The molecule has 0 unspecified atom stereocenters. The van der Waals surface area contributed by atoms with Crippen molar-refractivity contribution in [2.75, 3.05) is 5.73 Å². The predicted molar refractivity (Wildman–Crippen MR) is 76.5 cm³/mol. The third-order valence-electron chi connectivity index (χ3n) is 3.09. The Hall–Kier alpha value is -1.77. The quantitative estimate of drug-likeness (QED) is 0.781. The molecule has 0 bridgehead atoms. The zero-order valence-corrected chi connectivity index (χ0v) is 11.8. The first-order valence-electron chi connectivity index (χ1n) is 6.19. The van der Waals surface area contributed by atoms with E-state index < -0.39 is 0 Å². The summed E-state index contributed by atoms with van der Waals surface area (Å²) in [6, 6.07) is 6.03. The Kier molecular flexibility index (Phi) is 2.93. The topological polar surface area (TPSA) is 43.8 Å². The molecule has 0 saturated heterocycles. The second-order valence-corrected chi connectivity index (χ2v) is 5.89. The summed E-state index contributed by atoms with van der Waals surface area (Å²) in [6.07, 6.45) is 2.07. The van der Waals surface area contributed by atoms with Crippen molar-refractivity contribution in [3.8, 4) is 11.1 Å². The van der Waals surface area contributed by atoms with E-state index in [1.807, 2.05) is 23.9 Å². The second-order valence-electron chi connectivity index (χ2n) is 5.89. The molecule has 2 N–H and O–H groups in total. The fraction of sp³-hybridized carbons (Fsp3) is 0.400. The van der Waals surface area contributed by atoms with Crippen LogP contribution in [-0.2, 0) is 12.5 Å². The Labute approximate surface area is 109 Å². The molecule has 0 atom stereocenters. The van der Waals surface area contributed by atoms with Crippen LogP contribution in [0.1, 0.15) is 32.0 Å². The summed E-state index contributed by atoms with van der Waals surface area (Å²) in [7, 11) is 1.96. The molecule has 2 aromatic rings. The average molecular weight is 243 g/mol. The average Bonchev–Trinajstić information content (AvgIpc) is 2.63. The molecule has 1 heterocycles. The number of aryl methyl sites for hydroxylation is 2. The molecule has 0 aliphatic carbocycles. The highest BCUT2D eigenvalue weighted by Gasteiger charge is 2.23. The van der Waals surface area contributed by atoms with Gasteiger partial charge in [0.25, 0.3) is 0 Å². The minimum absolute atomic E-state index is 0.0215. The van der Waals surface area contributed by atoms with E-state index in [0.717, 1.165) is 11.4 Å². The second kappa shape index (κ2) is 4.16. The molecule has 18 heavy (non-hydrogen) atoms. The lowest BCUT2D eigenvalue weighted by atomic mass is 9.86. The van der Waals surface area contributed by atoms with Gasteiger partial charge in [-0.25, -0.2) is 0 Å². The first kappa shape index (κ1) is 12.7. The van der Waals surface area contributed by atoms with Crippen molar-refractivity contribution >= 4 is 5.69 Å². The van der Waals surface area contributed by atoms with E-state index in [1.165, 1.54) is 16.7 Å². The lowest BCUT2D eigenvalue weighted by Gasteiger charge is -2.18. The van der Waals surface area contributed by atoms with E-state index in [9.17, 15) is 0 Å². The van der Waals surface area contributed by atoms with E-state index in [4.69, 9.17) is 5.73 Å². The van der Waals surface area contributed by atoms with Gasteiger partial charge in [-0.3, -0.25) is 4.68 Å². The molecule has 0 aliphatic rings. The van der Waals surface area contributed by atoms with Crippen LogP contribution in [0, 0.1) is 6.92 Å². The third kappa shape index (κ3) is 2.26. The minimum atomic E-state index is 0.0215. The van der Waals surface area contributed by atoms with Gasteiger partial charge >= 0.3 is 0 Å². The van der Waals surface area contributed by atoms with E-state index in [-0.39, 0.29) is 5.41 Å². The standard InChI is InChI=1S/C15H21N3/c1-10-6-7-11(16)8-12(10)13-9-18(5)17-14(13)15(2,3)4/h6-9H,16H2,1-5H3. The molecule has 0 fully saturated rings. The fourth-order valence-electron chi connectivity index (χ4n) is 2.17. The van der Waals surface area contributed by atoms with Crippen LogP contribution >= 0.6 is 0 Å². The normalized spacial score (nSPS) is 11.8. The molecule has 3 nitrogen and oxygen atoms in total. The van der Waals surface area contributed by atoms with Gasteiger partial charge < -0.3 is 5.73 Å². The maximum atomic E-state index is 5.90. The summed E-state index contributed by atoms with van der Waals surface area (Å²) in [4.78, 5) is 0. The highest BCUT2D eigenvalue weighted by molar-refractivity contribution is 5.73. The highest BCUT2D eigenvalue weighted by Crippen LogP contribution is 2.34. The SMILES string of the molecule is Cc1ccc(N)cc1-c1cn(C)nc1C(C)(C)C. The van der Waals surface area contributed by atoms with Gasteiger partial charge in [0.2, 0.25) is 0 Å². The molecule has 2 rings (SSSR count). The molecule has 96 valence electrons. The Morgan fingerprint density at radius 1 is 1.17 bits per heavy atom. The zero-order valence-electron chi connectivity index (χ0n) is 11.8. The Bertz CT molecular complexity index is 574. The number of hydrogen-bond donors (Lipinski definition) is 1. The third-order valence-corrected chi connectivity index (χ3v) is 3.09. The Morgan fingerprint density at radius 2 is 1.83 bits per heavy atom. The summed E-state index contributed by atoms with van der Waals surface area (Å²) in [5, 5.41) is 4.60. The molecule has 0 spiro atoms. The molecule has 0 saturated carbocycles. The summed E-state index contributed by atoms with van der Waals surface area (Å²) in [6.45, 7) is 8.65. The number of nitrogens with two attached hydrogens (primary N) is 1. The van der Waals surface area contributed by atoms with Crippen molar-refractivity contribution < 1.29 is 0 Å². The number of aromatic nitrogens is 2. The van der Waals surface area contributed by atoms with Gasteiger partial charge in [0, 0.05) is 29.9 Å². The Balaban J connectivity index is 2.67. The summed E-state index contributed by atoms with van der Waals surface area (Å²) >= 11 is 0. The molecule has 1 aromatic carbocycles. The number of rotatable bonds is 1. The smallest absolute Gasteiger partial charge is 0.0756 e. The van der Waals surface area contributed by atoms with Crippen molar-refractivity contribution in [1.29, 1.82) is 0 Å². The summed E-state index contributed by atoms with van der Waals surface area (Å²) < 4.78 is 1.87. The van der Waals surface area contributed by atoms with Crippen LogP contribution in [0.25, 0.3) is 11.1 Å². The molecule has 0 amide bonds. The molecule has 0 aliphatic heterocycles. The van der Waals surface area contributed by atoms with Gasteiger partial charge in [-0.05, 0) is 30.2 Å². The van der Waals surface area contributed by atoms with Gasteiger partial charge in [-0.1, -0.05) is 26.8 Å². The van der Waals surface area contributed by atoms with Crippen LogP contribution in [0.3, 0.4) is 0 Å². The first-order chi connectivity index (χ1) is 8.29. The van der Waals surface area contributed by atoms with E-state index in [1.54, 1.807) is 0 Å². The van der Waals surface area contributed by atoms with Crippen molar-refractivity contribution in [3.63, 3.8) is 0 Å². The molecule has 1 aromatic heterocycles. The maximum absolute atomic E-state index is 5.90. The number of hydrogen-bond acceptors (Lipinski definition) is 2. The van der Waals surface area contributed by atoms with Crippen molar-refractivity contribution in [2.24, 2.45) is 7.05 Å². The van der Waals surface area contributed by atoms with E-state index >= 15 is 0 Å². The van der Waals surface area contributed by atoms with Gasteiger partial charge in [-0.2, -0.15) is 5.10 Å². The van der Waals surface area contributed by atoms with Gasteiger partial charge in [0.05, 0.1) is 5.69 Å². The van der Waals surface area contributed by atoms with E-state index in [0.29, 0.717) is 0 Å². The lowest BCUT2D eigenvalue weighted by molar-refractivity contribution is 0.554. The van der Waals surface area contributed by atoms with E-state index in [2.05, 4.69) is 45.1 Å².